The summed E-state index contributed by atoms with van der Waals surface area (Å²) in [5.41, 5.74) is 3.51. The van der Waals surface area contributed by atoms with Gasteiger partial charge < -0.3 is 0 Å². The van der Waals surface area contributed by atoms with E-state index < -0.39 is 0 Å². The number of hydrogen-bond donors (Lipinski definition) is 0. The van der Waals surface area contributed by atoms with Crippen molar-refractivity contribution in [2.24, 2.45) is 0 Å². The topological polar surface area (TPSA) is 12.9 Å². The largest absolute Gasteiger partial charge is 0.235 e. The van der Waals surface area contributed by atoms with Crippen molar-refractivity contribution in [3.63, 3.8) is 0 Å². The molecule has 23 heavy (non-hydrogen) atoms. The van der Waals surface area contributed by atoms with Gasteiger partial charge in [0.25, 0.3) is 0 Å². The van der Waals surface area contributed by atoms with Gasteiger partial charge in [0.15, 0.2) is 0 Å². The van der Waals surface area contributed by atoms with Crippen LogP contribution in [0, 0.1) is 12.3 Å². The summed E-state index contributed by atoms with van der Waals surface area (Å²) in [6.45, 7) is 0. The first kappa shape index (κ1) is 13.8. The fraction of sp³-hybridized carbons (Fsp3) is 0. The summed E-state index contributed by atoms with van der Waals surface area (Å²) in [6.07, 6.45) is 5.75. The van der Waals surface area contributed by atoms with E-state index in [0.717, 1.165) is 32.8 Å². The zero-order valence-electron chi connectivity index (χ0n) is 12.3. The van der Waals surface area contributed by atoms with Gasteiger partial charge >= 0.3 is 0 Å². The van der Waals surface area contributed by atoms with Crippen LogP contribution < -0.4 is 0 Å². The summed E-state index contributed by atoms with van der Waals surface area (Å²) in [7, 11) is 0. The summed E-state index contributed by atoms with van der Waals surface area (Å²) < 4.78 is 0. The van der Waals surface area contributed by atoms with Crippen molar-refractivity contribution in [2.75, 3.05) is 0 Å². The first-order valence-corrected chi connectivity index (χ1v) is 7.70. The third-order valence-corrected chi connectivity index (χ3v) is 4.31. The van der Waals surface area contributed by atoms with Crippen LogP contribution >= 0.6 is 11.6 Å². The molecule has 0 aliphatic heterocycles. The second-order valence-electron chi connectivity index (χ2n) is 5.34. The fourth-order valence-corrected chi connectivity index (χ4v) is 3.27. The number of halogens is 1. The number of benzene rings is 3. The standard InChI is InChI=1S/C21H12ClN/c1-2-16-19(15-9-4-3-5-10-15)20-17-11-7-6-8-14(17)12-13-18(20)23-21(16)22/h1,3-13H. The molecule has 2 heteroatoms. The van der Waals surface area contributed by atoms with Crippen molar-refractivity contribution in [3.05, 3.63) is 77.4 Å². The number of nitrogens with zero attached hydrogens (tertiary/aromatic N) is 1. The highest BCUT2D eigenvalue weighted by atomic mass is 35.5. The van der Waals surface area contributed by atoms with Crippen molar-refractivity contribution in [2.45, 2.75) is 0 Å². The second-order valence-corrected chi connectivity index (χ2v) is 5.70. The van der Waals surface area contributed by atoms with Gasteiger partial charge in [0.1, 0.15) is 5.15 Å². The molecule has 0 aliphatic carbocycles. The number of terminal acetylenes is 1. The maximum absolute atomic E-state index is 6.36. The van der Waals surface area contributed by atoms with E-state index in [9.17, 15) is 0 Å². The van der Waals surface area contributed by atoms with Crippen LogP contribution in [0.4, 0.5) is 0 Å². The van der Waals surface area contributed by atoms with Crippen LogP contribution in [0.3, 0.4) is 0 Å². The molecule has 0 aliphatic rings. The smallest absolute Gasteiger partial charge is 0.146 e. The Bertz CT molecular complexity index is 1080. The summed E-state index contributed by atoms with van der Waals surface area (Å²) in [5.74, 6) is 2.72. The SMILES string of the molecule is C#Cc1c(Cl)nc2ccc3ccccc3c2c1-c1ccccc1. The molecular weight excluding hydrogens is 302 g/mol. The van der Waals surface area contributed by atoms with E-state index >= 15 is 0 Å². The molecule has 0 saturated carbocycles. The van der Waals surface area contributed by atoms with Crippen molar-refractivity contribution >= 4 is 33.3 Å². The van der Waals surface area contributed by atoms with Gasteiger partial charge in [-0.05, 0) is 22.4 Å². The Kier molecular flexibility index (Phi) is 3.26. The predicted molar refractivity (Wildman–Crippen MR) is 97.6 cm³/mol. The molecule has 0 atom stereocenters. The lowest BCUT2D eigenvalue weighted by Gasteiger charge is -2.13. The van der Waals surface area contributed by atoms with E-state index in [4.69, 9.17) is 18.0 Å². The number of rotatable bonds is 1. The normalized spacial score (nSPS) is 10.8. The van der Waals surface area contributed by atoms with E-state index in [1.165, 1.54) is 0 Å². The third kappa shape index (κ3) is 2.16. The van der Waals surface area contributed by atoms with Crippen molar-refractivity contribution < 1.29 is 0 Å². The molecule has 1 nitrogen and oxygen atoms in total. The van der Waals surface area contributed by atoms with Gasteiger partial charge in [-0.2, -0.15) is 0 Å². The molecular formula is C21H12ClN. The van der Waals surface area contributed by atoms with E-state index in [0.29, 0.717) is 10.7 Å². The van der Waals surface area contributed by atoms with Crippen LogP contribution in [0.25, 0.3) is 32.8 Å². The Hall–Kier alpha value is -2.82. The molecule has 0 unspecified atom stereocenters. The minimum Gasteiger partial charge on any atom is -0.235 e. The summed E-state index contributed by atoms with van der Waals surface area (Å²) >= 11 is 6.36. The van der Waals surface area contributed by atoms with E-state index in [-0.39, 0.29) is 0 Å². The first-order chi connectivity index (χ1) is 11.3. The molecule has 0 spiro atoms. The summed E-state index contributed by atoms with van der Waals surface area (Å²) in [5, 5.41) is 3.70. The van der Waals surface area contributed by atoms with Gasteiger partial charge in [-0.15, -0.1) is 6.42 Å². The van der Waals surface area contributed by atoms with Crippen LogP contribution in [0.2, 0.25) is 5.15 Å². The molecule has 1 aromatic heterocycles. The summed E-state index contributed by atoms with van der Waals surface area (Å²) in [6, 6.07) is 22.4. The van der Waals surface area contributed by atoms with E-state index in [1.54, 1.807) is 0 Å². The average molecular weight is 314 g/mol. The monoisotopic (exact) mass is 313 g/mol. The Morgan fingerprint density at radius 2 is 1.61 bits per heavy atom. The predicted octanol–water partition coefficient (Wildman–Crippen LogP) is 5.69. The minimum absolute atomic E-state index is 0.370. The van der Waals surface area contributed by atoms with E-state index in [2.05, 4.69) is 29.1 Å². The number of pyridine rings is 1. The van der Waals surface area contributed by atoms with Crippen molar-refractivity contribution in [1.82, 2.24) is 4.98 Å². The molecule has 108 valence electrons. The highest BCUT2D eigenvalue weighted by Crippen LogP contribution is 2.38. The maximum atomic E-state index is 6.36. The number of fused-ring (bicyclic) bond motifs is 3. The molecule has 0 radical (unpaired) electrons. The van der Waals surface area contributed by atoms with Gasteiger partial charge in [-0.25, -0.2) is 4.98 Å². The van der Waals surface area contributed by atoms with Crippen LogP contribution in [0.5, 0.6) is 0 Å². The minimum atomic E-state index is 0.370. The molecule has 4 rings (SSSR count). The fourth-order valence-electron chi connectivity index (χ4n) is 3.03. The zero-order valence-corrected chi connectivity index (χ0v) is 13.0. The molecule has 0 N–H and O–H groups in total. The molecule has 0 saturated heterocycles. The molecule has 0 fully saturated rings. The quantitative estimate of drug-likeness (QED) is 0.250. The van der Waals surface area contributed by atoms with Crippen LogP contribution in [0.15, 0.2) is 66.7 Å². The van der Waals surface area contributed by atoms with Gasteiger partial charge in [0, 0.05) is 10.9 Å². The van der Waals surface area contributed by atoms with Crippen molar-refractivity contribution in [1.29, 1.82) is 0 Å². The molecule has 0 amide bonds. The molecule has 0 bridgehead atoms. The van der Waals surface area contributed by atoms with Gasteiger partial charge in [-0.1, -0.05) is 78.2 Å². The number of aromatic nitrogens is 1. The summed E-state index contributed by atoms with van der Waals surface area (Å²) in [4.78, 5) is 4.51. The first-order valence-electron chi connectivity index (χ1n) is 7.32. The van der Waals surface area contributed by atoms with Crippen molar-refractivity contribution in [3.8, 4) is 23.5 Å². The maximum Gasteiger partial charge on any atom is 0.146 e. The average Bonchev–Trinajstić information content (AvgIpc) is 2.61. The lowest BCUT2D eigenvalue weighted by atomic mass is 9.93. The highest BCUT2D eigenvalue weighted by Gasteiger charge is 2.16. The van der Waals surface area contributed by atoms with Crippen LogP contribution in [0.1, 0.15) is 5.56 Å². The third-order valence-electron chi connectivity index (χ3n) is 4.04. The zero-order chi connectivity index (χ0) is 15.8. The second kappa shape index (κ2) is 5.43. The number of hydrogen-bond acceptors (Lipinski definition) is 1. The van der Waals surface area contributed by atoms with Crippen LogP contribution in [-0.4, -0.2) is 4.98 Å². The lowest BCUT2D eigenvalue weighted by molar-refractivity contribution is 1.39. The van der Waals surface area contributed by atoms with E-state index in [1.807, 2.05) is 48.5 Å². The molecule has 3 aromatic carbocycles. The van der Waals surface area contributed by atoms with Crippen LogP contribution in [-0.2, 0) is 0 Å². The Morgan fingerprint density at radius 3 is 2.39 bits per heavy atom. The Morgan fingerprint density at radius 1 is 0.870 bits per heavy atom. The molecule has 4 aromatic rings. The Balaban J connectivity index is 2.29. The lowest BCUT2D eigenvalue weighted by Crippen LogP contribution is -1.93. The molecule has 1 heterocycles. The van der Waals surface area contributed by atoms with Gasteiger partial charge in [-0.3, -0.25) is 0 Å². The van der Waals surface area contributed by atoms with Gasteiger partial charge in [0.2, 0.25) is 0 Å². The van der Waals surface area contributed by atoms with Gasteiger partial charge in [0.05, 0.1) is 11.1 Å². The highest BCUT2D eigenvalue weighted by molar-refractivity contribution is 6.32. The Labute approximate surface area is 139 Å².